The van der Waals surface area contributed by atoms with Crippen LogP contribution in [-0.2, 0) is 9.59 Å². The monoisotopic (exact) mass is 305 g/mol. The van der Waals surface area contributed by atoms with Crippen molar-refractivity contribution in [3.8, 4) is 0 Å². The molecule has 1 aliphatic heterocycles. The molecule has 0 spiro atoms. The van der Waals surface area contributed by atoms with Gasteiger partial charge in [-0.2, -0.15) is 10.1 Å². The van der Waals surface area contributed by atoms with Crippen molar-refractivity contribution >= 4 is 35.1 Å². The Kier molecular flexibility index (Phi) is 3.57. The Morgan fingerprint density at radius 2 is 2.33 bits per heavy atom. The maximum absolute atomic E-state index is 12.1. The van der Waals surface area contributed by atoms with Crippen molar-refractivity contribution < 1.29 is 9.59 Å². The van der Waals surface area contributed by atoms with E-state index in [1.807, 2.05) is 0 Å². The molecule has 0 bridgehead atoms. The van der Waals surface area contributed by atoms with Gasteiger partial charge in [-0.15, -0.1) is 0 Å². The summed E-state index contributed by atoms with van der Waals surface area (Å²) in [6.45, 7) is 0.319. The zero-order valence-corrected chi connectivity index (χ0v) is 11.7. The van der Waals surface area contributed by atoms with Gasteiger partial charge in [0.1, 0.15) is 6.33 Å². The first-order chi connectivity index (χ1) is 10.1. The third kappa shape index (κ3) is 2.87. The van der Waals surface area contributed by atoms with Crippen LogP contribution in [0.4, 0.5) is 11.6 Å². The number of H-pyrrole nitrogens is 1. The van der Waals surface area contributed by atoms with Crippen LogP contribution < -0.4 is 10.2 Å². The highest BCUT2D eigenvalue weighted by Gasteiger charge is 2.35. The number of rotatable bonds is 3. The van der Waals surface area contributed by atoms with Crippen LogP contribution in [-0.4, -0.2) is 33.5 Å². The van der Waals surface area contributed by atoms with E-state index in [2.05, 4.69) is 20.5 Å². The predicted molar refractivity (Wildman–Crippen MR) is 76.9 cm³/mol. The lowest BCUT2D eigenvalue weighted by molar-refractivity contribution is -0.122. The number of hydrogen-bond acceptors (Lipinski definition) is 4. The van der Waals surface area contributed by atoms with E-state index in [1.54, 1.807) is 29.2 Å². The minimum absolute atomic E-state index is 0.102. The lowest BCUT2D eigenvalue weighted by atomic mass is 10.1. The molecule has 0 unspecified atom stereocenters. The maximum atomic E-state index is 12.1. The second-order valence-corrected chi connectivity index (χ2v) is 5.15. The van der Waals surface area contributed by atoms with Crippen LogP contribution in [0.25, 0.3) is 0 Å². The van der Waals surface area contributed by atoms with Crippen LogP contribution in [0.15, 0.2) is 30.6 Å². The zero-order chi connectivity index (χ0) is 14.8. The van der Waals surface area contributed by atoms with Crippen molar-refractivity contribution in [3.63, 3.8) is 0 Å². The summed E-state index contributed by atoms with van der Waals surface area (Å²) in [6.07, 6.45) is 1.46. The number of aromatic amines is 1. The Hall–Kier alpha value is -2.41. The summed E-state index contributed by atoms with van der Waals surface area (Å²) in [7, 11) is 0. The smallest absolute Gasteiger partial charge is 0.232 e. The van der Waals surface area contributed by atoms with Crippen LogP contribution in [0.2, 0.25) is 5.02 Å². The molecule has 1 atom stereocenters. The zero-order valence-electron chi connectivity index (χ0n) is 10.9. The first kappa shape index (κ1) is 13.6. The van der Waals surface area contributed by atoms with Gasteiger partial charge >= 0.3 is 0 Å². The van der Waals surface area contributed by atoms with E-state index < -0.39 is 5.92 Å². The minimum atomic E-state index is -0.429. The van der Waals surface area contributed by atoms with Crippen molar-refractivity contribution in [2.24, 2.45) is 5.92 Å². The molecule has 0 saturated carbocycles. The first-order valence-electron chi connectivity index (χ1n) is 6.35. The second kappa shape index (κ2) is 5.53. The molecule has 1 saturated heterocycles. The SMILES string of the molecule is O=C(Nc1ncn[nH]1)[C@H]1CC(=O)N(c2cccc(Cl)c2)C1. The third-order valence-corrected chi connectivity index (χ3v) is 3.51. The molecular weight excluding hydrogens is 294 g/mol. The molecule has 7 nitrogen and oxygen atoms in total. The molecule has 2 heterocycles. The number of carbonyl (C=O) groups is 2. The van der Waals surface area contributed by atoms with Crippen LogP contribution in [0.5, 0.6) is 0 Å². The van der Waals surface area contributed by atoms with Gasteiger partial charge in [0.2, 0.25) is 17.8 Å². The molecule has 1 aromatic heterocycles. The summed E-state index contributed by atoms with van der Waals surface area (Å²) in [5.41, 5.74) is 0.697. The Labute approximate surface area is 125 Å². The maximum Gasteiger partial charge on any atom is 0.232 e. The van der Waals surface area contributed by atoms with Gasteiger partial charge in [-0.3, -0.25) is 14.9 Å². The highest BCUT2D eigenvalue weighted by Crippen LogP contribution is 2.27. The molecule has 108 valence electrons. The summed E-state index contributed by atoms with van der Waals surface area (Å²) < 4.78 is 0. The van der Waals surface area contributed by atoms with E-state index in [1.165, 1.54) is 6.33 Å². The Bertz CT molecular complexity index is 673. The quantitative estimate of drug-likeness (QED) is 0.898. The van der Waals surface area contributed by atoms with Crippen molar-refractivity contribution in [1.82, 2.24) is 15.2 Å². The highest BCUT2D eigenvalue weighted by atomic mass is 35.5. The van der Waals surface area contributed by atoms with E-state index in [0.717, 1.165) is 0 Å². The average Bonchev–Trinajstić information content (AvgIpc) is 3.08. The number of aromatic nitrogens is 3. The number of nitrogens with one attached hydrogen (secondary N) is 2. The van der Waals surface area contributed by atoms with Crippen LogP contribution in [0.3, 0.4) is 0 Å². The number of nitrogens with zero attached hydrogens (tertiary/aromatic N) is 3. The average molecular weight is 306 g/mol. The predicted octanol–water partition coefficient (Wildman–Crippen LogP) is 1.45. The van der Waals surface area contributed by atoms with Crippen molar-refractivity contribution in [2.75, 3.05) is 16.8 Å². The Balaban J connectivity index is 1.71. The standard InChI is InChI=1S/C13H12ClN5O2/c14-9-2-1-3-10(5-9)19-6-8(4-11(19)20)12(21)17-13-15-7-16-18-13/h1-3,5,7-8H,4,6H2,(H2,15,16,17,18,21)/t8-/m0/s1. The first-order valence-corrected chi connectivity index (χ1v) is 6.73. The lowest BCUT2D eigenvalue weighted by Gasteiger charge is -2.16. The molecule has 3 rings (SSSR count). The highest BCUT2D eigenvalue weighted by molar-refractivity contribution is 6.31. The van der Waals surface area contributed by atoms with Gasteiger partial charge in [0, 0.05) is 23.7 Å². The molecule has 2 N–H and O–H groups in total. The lowest BCUT2D eigenvalue weighted by Crippen LogP contribution is -2.28. The summed E-state index contributed by atoms with van der Waals surface area (Å²) >= 11 is 5.93. The molecule has 1 fully saturated rings. The fraction of sp³-hybridized carbons (Fsp3) is 0.231. The molecule has 0 aliphatic carbocycles. The van der Waals surface area contributed by atoms with Gasteiger partial charge < -0.3 is 4.90 Å². The van der Waals surface area contributed by atoms with Gasteiger partial charge in [-0.1, -0.05) is 17.7 Å². The molecule has 21 heavy (non-hydrogen) atoms. The van der Waals surface area contributed by atoms with Crippen LogP contribution in [0.1, 0.15) is 6.42 Å². The molecular formula is C13H12ClN5O2. The van der Waals surface area contributed by atoms with E-state index >= 15 is 0 Å². The summed E-state index contributed by atoms with van der Waals surface area (Å²) in [5, 5.41) is 9.34. The minimum Gasteiger partial charge on any atom is -0.312 e. The number of benzene rings is 1. The number of amides is 2. The van der Waals surface area contributed by atoms with E-state index in [-0.39, 0.29) is 24.2 Å². The summed E-state index contributed by atoms with van der Waals surface area (Å²) in [5.74, 6) is -0.519. The van der Waals surface area contributed by atoms with Gasteiger partial charge in [-0.25, -0.2) is 5.10 Å². The van der Waals surface area contributed by atoms with Gasteiger partial charge in [-0.05, 0) is 18.2 Å². The molecule has 1 aliphatic rings. The molecule has 1 aromatic carbocycles. The molecule has 0 radical (unpaired) electrons. The molecule has 2 amide bonds. The number of hydrogen-bond donors (Lipinski definition) is 2. The molecule has 8 heteroatoms. The summed E-state index contributed by atoms with van der Waals surface area (Å²) in [6, 6.07) is 7.00. The van der Waals surface area contributed by atoms with Crippen LogP contribution >= 0.6 is 11.6 Å². The van der Waals surface area contributed by atoms with Crippen molar-refractivity contribution in [2.45, 2.75) is 6.42 Å². The van der Waals surface area contributed by atoms with E-state index in [4.69, 9.17) is 11.6 Å². The van der Waals surface area contributed by atoms with Gasteiger partial charge in [0.05, 0.1) is 5.92 Å². The summed E-state index contributed by atoms with van der Waals surface area (Å²) in [4.78, 5) is 29.6. The van der Waals surface area contributed by atoms with Gasteiger partial charge in [0.15, 0.2) is 0 Å². The second-order valence-electron chi connectivity index (χ2n) is 4.71. The van der Waals surface area contributed by atoms with Crippen LogP contribution in [0, 0.1) is 5.92 Å². The van der Waals surface area contributed by atoms with E-state index in [9.17, 15) is 9.59 Å². The molecule has 2 aromatic rings. The number of anilines is 2. The Morgan fingerprint density at radius 1 is 1.48 bits per heavy atom. The number of carbonyl (C=O) groups excluding carboxylic acids is 2. The number of halogens is 1. The Morgan fingerprint density at radius 3 is 3.05 bits per heavy atom. The normalized spacial score (nSPS) is 18.0. The topological polar surface area (TPSA) is 91.0 Å². The van der Waals surface area contributed by atoms with Gasteiger partial charge in [0.25, 0.3) is 0 Å². The fourth-order valence-corrected chi connectivity index (χ4v) is 2.45. The fourth-order valence-electron chi connectivity index (χ4n) is 2.26. The largest absolute Gasteiger partial charge is 0.312 e. The van der Waals surface area contributed by atoms with Crippen molar-refractivity contribution in [3.05, 3.63) is 35.6 Å². The van der Waals surface area contributed by atoms with Crippen molar-refractivity contribution in [1.29, 1.82) is 0 Å². The van der Waals surface area contributed by atoms with E-state index in [0.29, 0.717) is 17.3 Å². The third-order valence-electron chi connectivity index (χ3n) is 3.27.